The maximum absolute atomic E-state index is 11.0. The topological polar surface area (TPSA) is 20.2 Å². The van der Waals surface area contributed by atoms with Gasteiger partial charge >= 0.3 is 0 Å². The molecular weight excluding hydrogens is 400 g/mol. The summed E-state index contributed by atoms with van der Waals surface area (Å²) in [7, 11) is 0. The molecule has 0 bridgehead atoms. The van der Waals surface area contributed by atoms with E-state index < -0.39 is 0 Å². The molecule has 3 aromatic carbocycles. The highest BCUT2D eigenvalue weighted by Gasteiger charge is 2.29. The lowest BCUT2D eigenvalue weighted by Gasteiger charge is -2.32. The number of rotatable bonds is 10. The van der Waals surface area contributed by atoms with Gasteiger partial charge in [-0.05, 0) is 76.0 Å². The number of aryl methyl sites for hydroxylation is 2. The van der Waals surface area contributed by atoms with Crippen molar-refractivity contribution in [3.8, 4) is 5.75 Å². The van der Waals surface area contributed by atoms with Gasteiger partial charge in [0.2, 0.25) is 0 Å². The summed E-state index contributed by atoms with van der Waals surface area (Å²) in [5.74, 6) is 0.422. The first-order chi connectivity index (χ1) is 15.7. The molecule has 3 aromatic rings. The minimum Gasteiger partial charge on any atom is -0.508 e. The third kappa shape index (κ3) is 5.88. The predicted octanol–water partition coefficient (Wildman–Crippen LogP) is 8.34. The number of aromatic hydroxyl groups is 1. The number of phenols is 1. The van der Waals surface area contributed by atoms with Crippen LogP contribution in [0, 0.1) is 0 Å². The summed E-state index contributed by atoms with van der Waals surface area (Å²) < 4.78 is 0. The highest BCUT2D eigenvalue weighted by atomic mass is 16.3. The number of benzene rings is 3. The molecule has 0 spiro atoms. The van der Waals surface area contributed by atoms with Crippen LogP contribution in [-0.2, 0) is 36.5 Å². The van der Waals surface area contributed by atoms with Crippen LogP contribution in [0.3, 0.4) is 0 Å². The second-order valence-corrected chi connectivity index (χ2v) is 10.9. The van der Waals surface area contributed by atoms with Gasteiger partial charge < -0.3 is 5.11 Å². The van der Waals surface area contributed by atoms with Crippen molar-refractivity contribution >= 4 is 0 Å². The molecule has 0 heterocycles. The summed E-state index contributed by atoms with van der Waals surface area (Å²) in [5, 5.41) is 11.0. The van der Waals surface area contributed by atoms with Gasteiger partial charge in [0.25, 0.3) is 0 Å². The van der Waals surface area contributed by atoms with E-state index in [2.05, 4.69) is 96.1 Å². The molecule has 0 aliphatic carbocycles. The lowest BCUT2D eigenvalue weighted by molar-refractivity contribution is 0.442. The molecule has 1 nitrogen and oxygen atoms in total. The minimum absolute atomic E-state index is 0.0153. The average molecular weight is 443 g/mol. The molecule has 1 heteroatoms. The normalized spacial score (nSPS) is 12.2. The lowest BCUT2D eigenvalue weighted by Crippen LogP contribution is -2.26. The van der Waals surface area contributed by atoms with E-state index in [1.807, 2.05) is 12.1 Å². The molecule has 3 rings (SSSR count). The number of hydrogen-bond donors (Lipinski definition) is 1. The Hall–Kier alpha value is -2.54. The maximum atomic E-state index is 11.0. The molecule has 0 unspecified atom stereocenters. The van der Waals surface area contributed by atoms with E-state index in [4.69, 9.17) is 0 Å². The zero-order valence-electron chi connectivity index (χ0n) is 21.5. The molecule has 0 aliphatic rings. The van der Waals surface area contributed by atoms with E-state index in [0.29, 0.717) is 5.75 Å². The van der Waals surface area contributed by atoms with Gasteiger partial charge in [-0.2, -0.15) is 0 Å². The average Bonchev–Trinajstić information content (AvgIpc) is 2.77. The Morgan fingerprint density at radius 2 is 1.03 bits per heavy atom. The summed E-state index contributed by atoms with van der Waals surface area (Å²) in [5.41, 5.74) is 7.96. The van der Waals surface area contributed by atoms with Gasteiger partial charge in [-0.15, -0.1) is 0 Å². The molecule has 0 saturated carbocycles. The Balaban J connectivity index is 1.97. The monoisotopic (exact) mass is 442 g/mol. The van der Waals surface area contributed by atoms with Gasteiger partial charge in [0.05, 0.1) is 0 Å². The Bertz CT molecular complexity index is 1060. The largest absolute Gasteiger partial charge is 0.508 e. The van der Waals surface area contributed by atoms with Crippen LogP contribution in [0.1, 0.15) is 87.8 Å². The van der Waals surface area contributed by atoms with E-state index in [9.17, 15) is 5.11 Å². The van der Waals surface area contributed by atoms with Crippen LogP contribution >= 0.6 is 0 Å². The summed E-state index contributed by atoms with van der Waals surface area (Å²) in [6, 6.07) is 23.8. The van der Waals surface area contributed by atoms with E-state index in [-0.39, 0.29) is 10.8 Å². The van der Waals surface area contributed by atoms with Crippen LogP contribution in [0.25, 0.3) is 0 Å². The standard InChI is InChI=1S/C32H42O/c1-7-14-24-16-9-11-19-28(24)31(3,4)22-26-18-13-21-30(33)27(26)23-32(5,6)29-20-12-10-17-25(29)15-8-2/h9-13,16-21,33H,7-8,14-15,22-23H2,1-6H3. The Morgan fingerprint density at radius 1 is 0.576 bits per heavy atom. The Labute approximate surface area is 201 Å². The van der Waals surface area contributed by atoms with Gasteiger partial charge in [-0.25, -0.2) is 0 Å². The predicted molar refractivity (Wildman–Crippen MR) is 142 cm³/mol. The van der Waals surface area contributed by atoms with Crippen molar-refractivity contribution in [3.05, 3.63) is 100 Å². The van der Waals surface area contributed by atoms with Gasteiger partial charge in [0, 0.05) is 0 Å². The van der Waals surface area contributed by atoms with Gasteiger partial charge in [0.1, 0.15) is 5.75 Å². The molecule has 0 aromatic heterocycles. The van der Waals surface area contributed by atoms with Crippen LogP contribution in [0.15, 0.2) is 66.7 Å². The first-order valence-electron chi connectivity index (χ1n) is 12.7. The molecule has 0 fully saturated rings. The first-order valence-corrected chi connectivity index (χ1v) is 12.7. The van der Waals surface area contributed by atoms with E-state index >= 15 is 0 Å². The SMILES string of the molecule is CCCc1ccccc1C(C)(C)Cc1cccc(O)c1CC(C)(C)c1ccccc1CCC. The Kier molecular flexibility index (Phi) is 8.05. The van der Waals surface area contributed by atoms with Crippen LogP contribution in [0.5, 0.6) is 5.75 Å². The fourth-order valence-corrected chi connectivity index (χ4v) is 5.44. The fraction of sp³-hybridized carbons (Fsp3) is 0.438. The van der Waals surface area contributed by atoms with Crippen LogP contribution in [0.2, 0.25) is 0 Å². The fourth-order valence-electron chi connectivity index (χ4n) is 5.44. The molecule has 33 heavy (non-hydrogen) atoms. The second-order valence-electron chi connectivity index (χ2n) is 10.9. The minimum atomic E-state index is -0.0659. The van der Waals surface area contributed by atoms with Crippen molar-refractivity contribution in [2.24, 2.45) is 0 Å². The zero-order chi connectivity index (χ0) is 24.1. The summed E-state index contributed by atoms with van der Waals surface area (Å²) in [6.07, 6.45) is 6.21. The molecule has 0 saturated heterocycles. The molecule has 1 N–H and O–H groups in total. The summed E-state index contributed by atoms with van der Waals surface area (Å²) in [4.78, 5) is 0. The molecule has 0 radical (unpaired) electrons. The van der Waals surface area contributed by atoms with Crippen molar-refractivity contribution in [1.29, 1.82) is 0 Å². The molecule has 0 aliphatic heterocycles. The van der Waals surface area contributed by atoms with E-state index in [1.54, 1.807) is 0 Å². The highest BCUT2D eigenvalue weighted by molar-refractivity contribution is 5.45. The van der Waals surface area contributed by atoms with Crippen molar-refractivity contribution < 1.29 is 5.11 Å². The van der Waals surface area contributed by atoms with E-state index in [0.717, 1.165) is 44.1 Å². The summed E-state index contributed by atoms with van der Waals surface area (Å²) in [6.45, 7) is 13.8. The zero-order valence-corrected chi connectivity index (χ0v) is 21.5. The van der Waals surface area contributed by atoms with Gasteiger partial charge in [-0.1, -0.05) is 115 Å². The Morgan fingerprint density at radius 3 is 1.55 bits per heavy atom. The lowest BCUT2D eigenvalue weighted by atomic mass is 9.72. The maximum Gasteiger partial charge on any atom is 0.119 e. The van der Waals surface area contributed by atoms with Gasteiger partial charge in [0.15, 0.2) is 0 Å². The molecular formula is C32H42O. The van der Waals surface area contributed by atoms with Crippen molar-refractivity contribution in [2.75, 3.05) is 0 Å². The molecule has 0 amide bonds. The van der Waals surface area contributed by atoms with E-state index in [1.165, 1.54) is 27.8 Å². The smallest absolute Gasteiger partial charge is 0.119 e. The quantitative estimate of drug-likeness (QED) is 0.334. The van der Waals surface area contributed by atoms with Crippen molar-refractivity contribution in [3.63, 3.8) is 0 Å². The first kappa shape index (κ1) is 25.1. The van der Waals surface area contributed by atoms with Crippen LogP contribution in [0.4, 0.5) is 0 Å². The molecule has 176 valence electrons. The third-order valence-corrected chi connectivity index (χ3v) is 7.03. The third-order valence-electron chi connectivity index (χ3n) is 7.03. The second kappa shape index (κ2) is 10.6. The number of phenolic OH excluding ortho intramolecular Hbond substituents is 1. The summed E-state index contributed by atoms with van der Waals surface area (Å²) >= 11 is 0. The molecule has 0 atom stereocenters. The van der Waals surface area contributed by atoms with Crippen LogP contribution in [-0.4, -0.2) is 5.11 Å². The van der Waals surface area contributed by atoms with Gasteiger partial charge in [-0.3, -0.25) is 0 Å². The number of hydrogen-bond acceptors (Lipinski definition) is 1. The van der Waals surface area contributed by atoms with Crippen molar-refractivity contribution in [1.82, 2.24) is 0 Å². The highest BCUT2D eigenvalue weighted by Crippen LogP contribution is 2.38. The van der Waals surface area contributed by atoms with Crippen molar-refractivity contribution in [2.45, 2.75) is 90.9 Å². The van der Waals surface area contributed by atoms with Crippen LogP contribution < -0.4 is 0 Å².